The lowest BCUT2D eigenvalue weighted by molar-refractivity contribution is 0.0757. The van der Waals surface area contributed by atoms with E-state index >= 15 is 4.39 Å². The van der Waals surface area contributed by atoms with E-state index < -0.39 is 17.8 Å². The first-order valence-electron chi connectivity index (χ1n) is 14.0. The number of nitriles is 1. The Morgan fingerprint density at radius 1 is 1.09 bits per heavy atom. The van der Waals surface area contributed by atoms with Gasteiger partial charge in [0.05, 0.1) is 29.6 Å². The van der Waals surface area contributed by atoms with Crippen LogP contribution in [0.15, 0.2) is 102 Å². The first-order valence-corrected chi connectivity index (χ1v) is 14.0. The molecule has 0 radical (unpaired) electrons. The van der Waals surface area contributed by atoms with Crippen LogP contribution in [-0.4, -0.2) is 17.6 Å². The van der Waals surface area contributed by atoms with E-state index in [9.17, 15) is 15.2 Å². The maximum atomic E-state index is 16.2. The largest absolute Gasteiger partial charge is 0.506 e. The summed E-state index contributed by atoms with van der Waals surface area (Å²) in [4.78, 5) is 15.8. The van der Waals surface area contributed by atoms with E-state index in [-0.39, 0.29) is 23.3 Å². The Morgan fingerprint density at radius 3 is 2.58 bits per heavy atom. The molecule has 0 fully saturated rings. The second-order valence-corrected chi connectivity index (χ2v) is 11.5. The number of fused-ring (bicyclic) bond motifs is 1. The number of carbonyl (C=O) groups excluding carboxylic acids is 1. The van der Waals surface area contributed by atoms with E-state index in [0.29, 0.717) is 52.7 Å². The van der Waals surface area contributed by atoms with E-state index in [1.807, 2.05) is 30.3 Å². The number of aromatic hydroxyl groups is 1. The van der Waals surface area contributed by atoms with Gasteiger partial charge in [-0.05, 0) is 60.5 Å². The molecule has 0 saturated carbocycles. The van der Waals surface area contributed by atoms with Crippen LogP contribution in [0.1, 0.15) is 53.4 Å². The van der Waals surface area contributed by atoms with Gasteiger partial charge in [0, 0.05) is 22.6 Å². The van der Waals surface area contributed by atoms with Crippen molar-refractivity contribution < 1.29 is 23.8 Å². The number of ether oxygens (including phenoxy) is 2. The second kappa shape index (κ2) is 11.2. The van der Waals surface area contributed by atoms with Crippen molar-refractivity contribution in [1.29, 1.82) is 5.26 Å². The third-order valence-electron chi connectivity index (χ3n) is 7.63. The highest BCUT2D eigenvalue weighted by molar-refractivity contribution is 6.09. The third kappa shape index (κ3) is 5.50. The van der Waals surface area contributed by atoms with E-state index in [2.05, 4.69) is 25.2 Å². The van der Waals surface area contributed by atoms with Crippen molar-refractivity contribution >= 4 is 17.3 Å². The number of halogens is 1. The van der Waals surface area contributed by atoms with Crippen LogP contribution in [0.4, 0.5) is 15.8 Å². The summed E-state index contributed by atoms with van der Waals surface area (Å²) in [6, 6.07) is 26.4. The van der Waals surface area contributed by atoms with Crippen molar-refractivity contribution in [2.75, 3.05) is 16.8 Å². The summed E-state index contributed by atoms with van der Waals surface area (Å²) in [5.74, 6) is -0.337. The van der Waals surface area contributed by atoms with Gasteiger partial charge < -0.3 is 19.9 Å². The Hall–Kier alpha value is -5.29. The number of hydrogen-bond acceptors (Lipinski definition) is 6. The van der Waals surface area contributed by atoms with Gasteiger partial charge in [0.1, 0.15) is 41.4 Å². The molecule has 0 aromatic heterocycles. The highest BCUT2D eigenvalue weighted by atomic mass is 19.1. The molecule has 2 aliphatic heterocycles. The van der Waals surface area contributed by atoms with E-state index in [1.165, 1.54) is 17.0 Å². The normalized spacial score (nSPS) is 17.0. The summed E-state index contributed by atoms with van der Waals surface area (Å²) in [5.41, 5.74) is 2.95. The molecule has 4 aromatic rings. The molecule has 0 spiro atoms. The summed E-state index contributed by atoms with van der Waals surface area (Å²) in [6.07, 6.45) is 0.547. The summed E-state index contributed by atoms with van der Waals surface area (Å²) < 4.78 is 28.4. The van der Waals surface area contributed by atoms with Crippen molar-refractivity contribution in [3.05, 3.63) is 131 Å². The number of nitrogens with zero attached hydrogens (tertiary/aromatic N) is 2. The average Bonchev–Trinajstić information content (AvgIpc) is 3.14. The lowest BCUT2D eigenvalue weighted by Crippen LogP contribution is -2.39. The lowest BCUT2D eigenvalue weighted by atomic mass is 9.85. The standard InChI is InChI=1S/C35H30FN3O4/c1-35(2)18-28-33(43-21-35)32(26-16-15-25(17-27(26)36)42-20-23-7-4-3-5-8-23)39(29-9-6-10-30(40)31(29)38-28)34(41)24-13-11-22(19-37)12-14-24/h3-17,32,38,40H,18,20-21H2,1-2H3. The van der Waals surface area contributed by atoms with Crippen LogP contribution >= 0.6 is 0 Å². The first-order chi connectivity index (χ1) is 20.7. The highest BCUT2D eigenvalue weighted by Gasteiger charge is 2.43. The van der Waals surface area contributed by atoms with Gasteiger partial charge in [-0.15, -0.1) is 0 Å². The summed E-state index contributed by atoms with van der Waals surface area (Å²) >= 11 is 0. The Morgan fingerprint density at radius 2 is 1.86 bits per heavy atom. The molecule has 216 valence electrons. The predicted molar refractivity (Wildman–Crippen MR) is 161 cm³/mol. The molecule has 1 amide bonds. The molecular weight excluding hydrogens is 545 g/mol. The third-order valence-corrected chi connectivity index (χ3v) is 7.63. The molecule has 0 aliphatic carbocycles. The number of carbonyl (C=O) groups is 1. The van der Waals surface area contributed by atoms with Crippen LogP contribution in [0.5, 0.6) is 11.5 Å². The Kier molecular flexibility index (Phi) is 7.24. The molecule has 1 unspecified atom stereocenters. The van der Waals surface area contributed by atoms with Gasteiger partial charge >= 0.3 is 0 Å². The fourth-order valence-corrected chi connectivity index (χ4v) is 5.48. The minimum Gasteiger partial charge on any atom is -0.506 e. The maximum Gasteiger partial charge on any atom is 0.259 e. The molecule has 0 saturated heterocycles. The number of anilines is 2. The second-order valence-electron chi connectivity index (χ2n) is 11.5. The Balaban J connectivity index is 1.49. The molecule has 4 aromatic carbocycles. The number of allylic oxidation sites excluding steroid dienone is 1. The van der Waals surface area contributed by atoms with E-state index in [0.717, 1.165) is 5.56 Å². The van der Waals surface area contributed by atoms with Gasteiger partial charge in [0.2, 0.25) is 0 Å². The molecule has 2 aliphatic rings. The maximum absolute atomic E-state index is 16.2. The smallest absolute Gasteiger partial charge is 0.259 e. The summed E-state index contributed by atoms with van der Waals surface area (Å²) in [5, 5.41) is 23.6. The fourth-order valence-electron chi connectivity index (χ4n) is 5.48. The van der Waals surface area contributed by atoms with Crippen LogP contribution in [0.2, 0.25) is 0 Å². The van der Waals surface area contributed by atoms with E-state index in [1.54, 1.807) is 48.5 Å². The number of amides is 1. The Bertz CT molecular complexity index is 1760. The number of rotatable bonds is 5. The van der Waals surface area contributed by atoms with Gasteiger partial charge in [-0.3, -0.25) is 9.69 Å². The Labute approximate surface area is 249 Å². The topological polar surface area (TPSA) is 94.8 Å². The molecule has 43 heavy (non-hydrogen) atoms. The van der Waals surface area contributed by atoms with Crippen LogP contribution < -0.4 is 15.0 Å². The minimum absolute atomic E-state index is 0.0591. The first kappa shape index (κ1) is 27.9. The monoisotopic (exact) mass is 575 g/mol. The number of hydrogen-bond donors (Lipinski definition) is 2. The SMILES string of the molecule is CC1(C)COC2=C(C1)Nc1c(O)cccc1N(C(=O)c1ccc(C#N)cc1)C2c1ccc(OCc2ccccc2)cc1F. The van der Waals surface area contributed by atoms with Gasteiger partial charge in [0.25, 0.3) is 5.91 Å². The van der Waals surface area contributed by atoms with Crippen molar-refractivity contribution in [1.82, 2.24) is 0 Å². The van der Waals surface area contributed by atoms with Crippen molar-refractivity contribution in [2.45, 2.75) is 32.9 Å². The van der Waals surface area contributed by atoms with Crippen molar-refractivity contribution in [2.24, 2.45) is 5.41 Å². The van der Waals surface area contributed by atoms with E-state index in [4.69, 9.17) is 9.47 Å². The minimum atomic E-state index is -1.01. The number of phenolic OH excluding ortho intramolecular Hbond substituents is 1. The zero-order chi connectivity index (χ0) is 30.1. The van der Waals surface area contributed by atoms with Crippen LogP contribution in [0.3, 0.4) is 0 Å². The van der Waals surface area contributed by atoms with Crippen molar-refractivity contribution in [3.63, 3.8) is 0 Å². The van der Waals surface area contributed by atoms with Gasteiger partial charge in [-0.2, -0.15) is 5.26 Å². The molecular formula is C35H30FN3O4. The zero-order valence-corrected chi connectivity index (χ0v) is 23.8. The van der Waals surface area contributed by atoms with Gasteiger partial charge in [-0.1, -0.05) is 50.2 Å². The molecule has 1 atom stereocenters. The van der Waals surface area contributed by atoms with Crippen LogP contribution in [0, 0.1) is 22.6 Å². The molecule has 2 N–H and O–H groups in total. The number of benzene rings is 4. The molecule has 7 nitrogen and oxygen atoms in total. The number of phenols is 1. The molecule has 2 heterocycles. The fraction of sp³-hybridized carbons (Fsp3) is 0.200. The number of nitrogens with one attached hydrogen (secondary N) is 1. The summed E-state index contributed by atoms with van der Waals surface area (Å²) in [7, 11) is 0. The van der Waals surface area contributed by atoms with Crippen LogP contribution in [-0.2, 0) is 11.3 Å². The summed E-state index contributed by atoms with van der Waals surface area (Å²) in [6.45, 7) is 4.74. The van der Waals surface area contributed by atoms with Crippen LogP contribution in [0.25, 0.3) is 0 Å². The molecule has 6 rings (SSSR count). The van der Waals surface area contributed by atoms with Gasteiger partial charge in [0.15, 0.2) is 0 Å². The number of para-hydroxylation sites is 1. The average molecular weight is 576 g/mol. The van der Waals surface area contributed by atoms with Crippen molar-refractivity contribution in [3.8, 4) is 17.6 Å². The highest BCUT2D eigenvalue weighted by Crippen LogP contribution is 2.50. The predicted octanol–water partition coefficient (Wildman–Crippen LogP) is 7.45. The molecule has 8 heteroatoms. The quantitative estimate of drug-likeness (QED) is 0.240. The van der Waals surface area contributed by atoms with Gasteiger partial charge in [-0.25, -0.2) is 4.39 Å². The zero-order valence-electron chi connectivity index (χ0n) is 23.8. The molecule has 0 bridgehead atoms. The lowest BCUT2D eigenvalue weighted by Gasteiger charge is -2.38.